The summed E-state index contributed by atoms with van der Waals surface area (Å²) in [6, 6.07) is 0. The normalized spacial score (nSPS) is 13.7. The van der Waals surface area contributed by atoms with E-state index >= 15 is 0 Å². The van der Waals surface area contributed by atoms with Crippen LogP contribution in [0, 0.1) is 11.3 Å². The van der Waals surface area contributed by atoms with E-state index in [1.807, 2.05) is 0 Å². The molecule has 1 N–H and O–H groups in total. The smallest absolute Gasteiger partial charge is 0.319 e. The highest BCUT2D eigenvalue weighted by Crippen LogP contribution is 2.27. The van der Waals surface area contributed by atoms with Gasteiger partial charge in [-0.1, -0.05) is 20.8 Å². The predicted octanol–water partition coefficient (Wildman–Crippen LogP) is 0.373. The Morgan fingerprint density at radius 2 is 1.79 bits per heavy atom. The molecule has 19 heavy (non-hydrogen) atoms. The topological polar surface area (TPSA) is 89.5 Å². The Kier molecular flexibility index (Phi) is 6.48. The van der Waals surface area contributed by atoms with Crippen LogP contribution in [0.1, 0.15) is 27.7 Å². The molecule has 1 unspecified atom stereocenters. The van der Waals surface area contributed by atoms with Gasteiger partial charge in [0.1, 0.15) is 15.8 Å². The average molecular weight is 293 g/mol. The van der Waals surface area contributed by atoms with Crippen LogP contribution in [0.15, 0.2) is 0 Å². The maximum Gasteiger partial charge on any atom is 0.319 e. The first-order chi connectivity index (χ1) is 8.49. The van der Waals surface area contributed by atoms with Crippen molar-refractivity contribution in [3.8, 4) is 0 Å². The van der Waals surface area contributed by atoms with E-state index < -0.39 is 33.0 Å². The summed E-state index contributed by atoms with van der Waals surface area (Å²) in [4.78, 5) is 23.8. The lowest BCUT2D eigenvalue weighted by molar-refractivity contribution is -0.156. The fourth-order valence-corrected chi connectivity index (χ4v) is 2.01. The zero-order valence-electron chi connectivity index (χ0n) is 12.1. The summed E-state index contributed by atoms with van der Waals surface area (Å²) < 4.78 is 26.8. The largest absolute Gasteiger partial charge is 0.465 e. The highest BCUT2D eigenvalue weighted by molar-refractivity contribution is 7.90. The second-order valence-corrected chi connectivity index (χ2v) is 7.73. The van der Waals surface area contributed by atoms with Crippen LogP contribution in [0.3, 0.4) is 0 Å². The molecule has 0 aliphatic heterocycles. The molecule has 0 aliphatic rings. The fraction of sp³-hybridized carbons (Fsp3) is 0.833. The highest BCUT2D eigenvalue weighted by Gasteiger charge is 2.38. The van der Waals surface area contributed by atoms with E-state index in [9.17, 15) is 18.0 Å². The van der Waals surface area contributed by atoms with Crippen molar-refractivity contribution in [1.82, 2.24) is 5.32 Å². The van der Waals surface area contributed by atoms with Crippen molar-refractivity contribution in [2.24, 2.45) is 11.3 Å². The molecular formula is C12H23NO5S. The van der Waals surface area contributed by atoms with Gasteiger partial charge in [0.2, 0.25) is 5.91 Å². The molecule has 1 amide bonds. The van der Waals surface area contributed by atoms with Gasteiger partial charge in [-0.15, -0.1) is 0 Å². The Labute approximate surface area is 114 Å². The summed E-state index contributed by atoms with van der Waals surface area (Å²) in [6.07, 6.45) is 1.09. The van der Waals surface area contributed by atoms with Gasteiger partial charge in [0.05, 0.1) is 12.4 Å². The first-order valence-corrected chi connectivity index (χ1v) is 8.17. The molecule has 0 spiro atoms. The first kappa shape index (κ1) is 17.9. The molecule has 6 nitrogen and oxygen atoms in total. The minimum atomic E-state index is -3.14. The van der Waals surface area contributed by atoms with Gasteiger partial charge in [-0.3, -0.25) is 9.59 Å². The van der Waals surface area contributed by atoms with Crippen LogP contribution in [0.5, 0.6) is 0 Å². The number of ether oxygens (including phenoxy) is 1. The lowest BCUT2D eigenvalue weighted by atomic mass is 9.80. The molecular weight excluding hydrogens is 270 g/mol. The lowest BCUT2D eigenvalue weighted by Gasteiger charge is -2.27. The second-order valence-electron chi connectivity index (χ2n) is 5.47. The van der Waals surface area contributed by atoms with E-state index in [0.29, 0.717) is 0 Å². The van der Waals surface area contributed by atoms with E-state index in [2.05, 4.69) is 5.32 Å². The van der Waals surface area contributed by atoms with Crippen molar-refractivity contribution in [2.75, 3.05) is 25.2 Å². The number of carbonyl (C=O) groups is 2. The van der Waals surface area contributed by atoms with Gasteiger partial charge in [0.15, 0.2) is 0 Å². The van der Waals surface area contributed by atoms with Crippen LogP contribution in [0.2, 0.25) is 0 Å². The van der Waals surface area contributed by atoms with E-state index in [1.165, 1.54) is 0 Å². The summed E-state index contributed by atoms with van der Waals surface area (Å²) in [5.41, 5.74) is -0.596. The minimum absolute atomic E-state index is 0.0103. The Morgan fingerprint density at radius 1 is 1.26 bits per heavy atom. The van der Waals surface area contributed by atoms with Crippen LogP contribution in [-0.4, -0.2) is 45.5 Å². The SMILES string of the molecule is CCOC(=O)C(C(=O)NCCS(C)(=O)=O)C(C)(C)C. The van der Waals surface area contributed by atoms with Gasteiger partial charge in [0, 0.05) is 12.8 Å². The Balaban J connectivity index is 4.71. The number of hydrogen-bond donors (Lipinski definition) is 1. The molecule has 0 rings (SSSR count). The molecule has 0 radical (unpaired) electrons. The van der Waals surface area contributed by atoms with Crippen molar-refractivity contribution in [3.63, 3.8) is 0 Å². The van der Waals surface area contributed by atoms with Gasteiger partial charge < -0.3 is 10.1 Å². The van der Waals surface area contributed by atoms with Crippen LogP contribution in [0.25, 0.3) is 0 Å². The van der Waals surface area contributed by atoms with E-state index in [0.717, 1.165) is 6.26 Å². The molecule has 0 aromatic carbocycles. The molecule has 7 heteroatoms. The zero-order valence-corrected chi connectivity index (χ0v) is 13.0. The summed E-state index contributed by atoms with van der Waals surface area (Å²) in [7, 11) is -3.14. The lowest BCUT2D eigenvalue weighted by Crippen LogP contribution is -2.44. The van der Waals surface area contributed by atoms with Crippen LogP contribution in [-0.2, 0) is 24.2 Å². The molecule has 0 saturated carbocycles. The molecule has 0 heterocycles. The molecule has 0 aliphatic carbocycles. The third-order valence-electron chi connectivity index (χ3n) is 2.42. The first-order valence-electron chi connectivity index (χ1n) is 6.11. The number of hydrogen-bond acceptors (Lipinski definition) is 5. The molecule has 1 atom stereocenters. The fourth-order valence-electron chi connectivity index (χ4n) is 1.54. The van der Waals surface area contributed by atoms with Gasteiger partial charge in [-0.25, -0.2) is 8.42 Å². The van der Waals surface area contributed by atoms with Crippen molar-refractivity contribution in [3.05, 3.63) is 0 Å². The van der Waals surface area contributed by atoms with Gasteiger partial charge in [-0.05, 0) is 12.3 Å². The van der Waals surface area contributed by atoms with Crippen molar-refractivity contribution in [2.45, 2.75) is 27.7 Å². The molecule has 112 valence electrons. The van der Waals surface area contributed by atoms with Crippen LogP contribution < -0.4 is 5.32 Å². The molecule has 0 aromatic heterocycles. The quantitative estimate of drug-likeness (QED) is 0.564. The molecule has 0 aromatic rings. The average Bonchev–Trinajstić information content (AvgIpc) is 2.13. The maximum absolute atomic E-state index is 12.0. The van der Waals surface area contributed by atoms with E-state index in [1.54, 1.807) is 27.7 Å². The summed E-state index contributed by atoms with van der Waals surface area (Å²) in [6.45, 7) is 7.12. The van der Waals surface area contributed by atoms with Crippen molar-refractivity contribution in [1.29, 1.82) is 0 Å². The van der Waals surface area contributed by atoms with Crippen LogP contribution >= 0.6 is 0 Å². The predicted molar refractivity (Wildman–Crippen MR) is 72.3 cm³/mol. The number of carbonyl (C=O) groups excluding carboxylic acids is 2. The van der Waals surface area contributed by atoms with Crippen LogP contribution in [0.4, 0.5) is 0 Å². The monoisotopic (exact) mass is 293 g/mol. The number of nitrogens with one attached hydrogen (secondary N) is 1. The second kappa shape index (κ2) is 6.88. The maximum atomic E-state index is 12.0. The van der Waals surface area contributed by atoms with Gasteiger partial charge in [0.25, 0.3) is 0 Å². The standard InChI is InChI=1S/C12H23NO5S/c1-6-18-11(15)9(12(2,3)4)10(14)13-7-8-19(5,16)17/h9H,6-8H2,1-5H3,(H,13,14). The number of sulfone groups is 1. The Bertz CT molecular complexity index is 422. The minimum Gasteiger partial charge on any atom is -0.465 e. The highest BCUT2D eigenvalue weighted by atomic mass is 32.2. The van der Waals surface area contributed by atoms with Gasteiger partial charge >= 0.3 is 5.97 Å². The van der Waals surface area contributed by atoms with Gasteiger partial charge in [-0.2, -0.15) is 0 Å². The van der Waals surface area contributed by atoms with Crippen molar-refractivity contribution < 1.29 is 22.7 Å². The number of rotatable bonds is 6. The van der Waals surface area contributed by atoms with E-state index in [-0.39, 0.29) is 18.9 Å². The third kappa shape index (κ3) is 7.15. The molecule has 0 saturated heterocycles. The zero-order chi connectivity index (χ0) is 15.3. The number of amides is 1. The summed E-state index contributed by atoms with van der Waals surface area (Å²) in [5, 5.41) is 2.47. The Hall–Kier alpha value is -1.11. The van der Waals surface area contributed by atoms with Crippen molar-refractivity contribution >= 4 is 21.7 Å². The Morgan fingerprint density at radius 3 is 2.16 bits per heavy atom. The molecule has 0 fully saturated rings. The number of esters is 1. The summed E-state index contributed by atoms with van der Waals surface area (Å²) >= 11 is 0. The summed E-state index contributed by atoms with van der Waals surface area (Å²) in [5.74, 6) is -2.20. The van der Waals surface area contributed by atoms with E-state index in [4.69, 9.17) is 4.74 Å². The molecule has 0 bridgehead atoms. The third-order valence-corrected chi connectivity index (χ3v) is 3.37.